The molecule has 0 spiro atoms. The van der Waals surface area contributed by atoms with Gasteiger partial charge in [0.1, 0.15) is 5.75 Å². The predicted molar refractivity (Wildman–Crippen MR) is 121 cm³/mol. The van der Waals surface area contributed by atoms with Crippen molar-refractivity contribution in [3.63, 3.8) is 0 Å². The van der Waals surface area contributed by atoms with Crippen LogP contribution in [0.25, 0.3) is 10.8 Å². The van der Waals surface area contributed by atoms with Crippen LogP contribution < -0.4 is 15.4 Å². The molecule has 154 valence electrons. The number of benzene rings is 3. The van der Waals surface area contributed by atoms with E-state index in [1.807, 2.05) is 49.4 Å². The monoisotopic (exact) mass is 422 g/mol. The average Bonchev–Trinajstić information content (AvgIpc) is 2.76. The first kappa shape index (κ1) is 21.3. The van der Waals surface area contributed by atoms with Crippen molar-refractivity contribution in [2.75, 3.05) is 18.5 Å². The van der Waals surface area contributed by atoms with Crippen LogP contribution in [0.3, 0.4) is 0 Å². The minimum Gasteiger partial charge on any atom is -0.483 e. The number of carbonyl (C=O) groups excluding carboxylic acids is 2. The summed E-state index contributed by atoms with van der Waals surface area (Å²) in [6.07, 6.45) is 0.767. The lowest BCUT2D eigenvalue weighted by Crippen LogP contribution is -2.37. The van der Waals surface area contributed by atoms with E-state index in [0.29, 0.717) is 23.6 Å². The zero-order valence-electron chi connectivity index (χ0n) is 16.5. The van der Waals surface area contributed by atoms with Crippen LogP contribution in [0.4, 0.5) is 5.69 Å². The van der Waals surface area contributed by atoms with Gasteiger partial charge in [-0.05, 0) is 54.4 Å². The highest BCUT2D eigenvalue weighted by Crippen LogP contribution is 2.24. The van der Waals surface area contributed by atoms with E-state index < -0.39 is 0 Å². The third-order valence-electron chi connectivity index (χ3n) is 4.18. The Bertz CT molecular complexity index is 1050. The minimum absolute atomic E-state index is 0.142. The van der Waals surface area contributed by atoms with E-state index in [0.717, 1.165) is 17.2 Å². The van der Waals surface area contributed by atoms with Gasteiger partial charge in [0.2, 0.25) is 0 Å². The maximum atomic E-state index is 12.2. The smallest absolute Gasteiger partial charge is 0.338 e. The maximum Gasteiger partial charge on any atom is 0.338 e. The average molecular weight is 423 g/mol. The predicted octanol–water partition coefficient (Wildman–Crippen LogP) is 4.30. The third-order valence-corrected chi connectivity index (χ3v) is 4.38. The molecule has 0 heterocycles. The van der Waals surface area contributed by atoms with E-state index in [2.05, 4.69) is 10.6 Å². The van der Waals surface area contributed by atoms with E-state index in [1.54, 1.807) is 24.3 Å². The van der Waals surface area contributed by atoms with Gasteiger partial charge in [-0.3, -0.25) is 10.1 Å². The summed E-state index contributed by atoms with van der Waals surface area (Å²) < 4.78 is 10.7. The molecule has 0 aliphatic heterocycles. The third kappa shape index (κ3) is 5.78. The van der Waals surface area contributed by atoms with Crippen LogP contribution in [-0.2, 0) is 9.53 Å². The van der Waals surface area contributed by atoms with Gasteiger partial charge < -0.3 is 14.8 Å². The molecule has 0 saturated heterocycles. The first-order chi connectivity index (χ1) is 14.6. The van der Waals surface area contributed by atoms with Crippen molar-refractivity contribution in [1.82, 2.24) is 5.32 Å². The Hall–Kier alpha value is -3.45. The number of anilines is 1. The van der Waals surface area contributed by atoms with E-state index in [-0.39, 0.29) is 23.6 Å². The fraction of sp³-hybridized carbons (Fsp3) is 0.174. The molecule has 0 atom stereocenters. The molecule has 0 radical (unpaired) electrons. The second-order valence-corrected chi connectivity index (χ2v) is 6.89. The molecular formula is C23H22N2O4S. The van der Waals surface area contributed by atoms with Crippen molar-refractivity contribution < 1.29 is 19.1 Å². The highest BCUT2D eigenvalue weighted by Gasteiger charge is 2.09. The Morgan fingerprint density at radius 2 is 1.70 bits per heavy atom. The summed E-state index contributed by atoms with van der Waals surface area (Å²) in [7, 11) is 0. The Balaban J connectivity index is 1.50. The quantitative estimate of drug-likeness (QED) is 0.437. The lowest BCUT2D eigenvalue weighted by atomic mass is 10.1. The van der Waals surface area contributed by atoms with Crippen LogP contribution in [0, 0.1) is 0 Å². The van der Waals surface area contributed by atoms with Crippen LogP contribution in [0.15, 0.2) is 66.7 Å². The maximum absolute atomic E-state index is 12.2. The van der Waals surface area contributed by atoms with E-state index in [4.69, 9.17) is 21.7 Å². The molecule has 3 aromatic carbocycles. The Morgan fingerprint density at radius 3 is 2.47 bits per heavy atom. The molecule has 0 aliphatic carbocycles. The van der Waals surface area contributed by atoms with Gasteiger partial charge in [0.05, 0.1) is 12.2 Å². The number of ether oxygens (including phenoxy) is 2. The standard InChI is InChI=1S/C23H22N2O4S/c1-2-14-28-22(27)17-10-12-18(13-11-17)24-23(30)25-21(26)15-29-20-9-5-7-16-6-3-4-8-19(16)20/h3-13H,2,14-15H2,1H3,(H2,24,25,26,30). The van der Waals surface area contributed by atoms with Gasteiger partial charge in [-0.15, -0.1) is 0 Å². The molecule has 6 nitrogen and oxygen atoms in total. The normalized spacial score (nSPS) is 10.3. The number of fused-ring (bicyclic) bond motifs is 1. The molecule has 2 N–H and O–H groups in total. The fourth-order valence-corrected chi connectivity index (χ4v) is 2.99. The molecule has 0 bridgehead atoms. The Labute approximate surface area is 180 Å². The van der Waals surface area contributed by atoms with E-state index in [9.17, 15) is 9.59 Å². The summed E-state index contributed by atoms with van der Waals surface area (Å²) in [6, 6.07) is 20.1. The molecule has 0 saturated carbocycles. The highest BCUT2D eigenvalue weighted by atomic mass is 32.1. The Morgan fingerprint density at radius 1 is 0.967 bits per heavy atom. The number of carbonyl (C=O) groups is 2. The number of nitrogens with one attached hydrogen (secondary N) is 2. The number of thiocarbonyl (C=S) groups is 1. The molecule has 30 heavy (non-hydrogen) atoms. The Kier molecular flexibility index (Phi) is 7.34. The second kappa shape index (κ2) is 10.4. The SMILES string of the molecule is CCCOC(=O)c1ccc(NC(=S)NC(=O)COc2cccc3ccccc23)cc1. The van der Waals surface area contributed by atoms with Gasteiger partial charge in [0.25, 0.3) is 5.91 Å². The van der Waals surface area contributed by atoms with Gasteiger partial charge in [-0.2, -0.15) is 0 Å². The van der Waals surface area contributed by atoms with Crippen molar-refractivity contribution >= 4 is 45.7 Å². The van der Waals surface area contributed by atoms with Crippen molar-refractivity contribution in [1.29, 1.82) is 0 Å². The number of hydrogen-bond donors (Lipinski definition) is 2. The first-order valence-corrected chi connectivity index (χ1v) is 9.96. The summed E-state index contributed by atoms with van der Waals surface area (Å²) in [6.45, 7) is 2.15. The lowest BCUT2D eigenvalue weighted by molar-refractivity contribution is -0.121. The van der Waals surface area contributed by atoms with Crippen LogP contribution >= 0.6 is 12.2 Å². The van der Waals surface area contributed by atoms with Crippen molar-refractivity contribution in [3.05, 3.63) is 72.3 Å². The van der Waals surface area contributed by atoms with Gasteiger partial charge in [-0.25, -0.2) is 4.79 Å². The summed E-state index contributed by atoms with van der Waals surface area (Å²) in [5, 5.41) is 7.59. The van der Waals surface area contributed by atoms with E-state index >= 15 is 0 Å². The van der Waals surface area contributed by atoms with Gasteiger partial charge in [-0.1, -0.05) is 43.3 Å². The van der Waals surface area contributed by atoms with Crippen molar-refractivity contribution in [3.8, 4) is 5.75 Å². The fourth-order valence-electron chi connectivity index (χ4n) is 2.76. The molecule has 7 heteroatoms. The lowest BCUT2D eigenvalue weighted by Gasteiger charge is -2.12. The summed E-state index contributed by atoms with van der Waals surface area (Å²) in [4.78, 5) is 24.0. The molecule has 0 aliphatic rings. The topological polar surface area (TPSA) is 76.7 Å². The van der Waals surface area contributed by atoms with Gasteiger partial charge in [0.15, 0.2) is 11.7 Å². The van der Waals surface area contributed by atoms with Crippen LogP contribution in [0.5, 0.6) is 5.75 Å². The molecule has 1 amide bonds. The molecule has 0 unspecified atom stereocenters. The van der Waals surface area contributed by atoms with Crippen molar-refractivity contribution in [2.45, 2.75) is 13.3 Å². The molecular weight excluding hydrogens is 400 g/mol. The first-order valence-electron chi connectivity index (χ1n) is 9.55. The number of amides is 1. The van der Waals surface area contributed by atoms with E-state index in [1.165, 1.54) is 0 Å². The van der Waals surface area contributed by atoms with Crippen LogP contribution in [-0.4, -0.2) is 30.2 Å². The second-order valence-electron chi connectivity index (χ2n) is 6.48. The largest absolute Gasteiger partial charge is 0.483 e. The summed E-state index contributed by atoms with van der Waals surface area (Å²) in [5.74, 6) is -0.113. The van der Waals surface area contributed by atoms with Gasteiger partial charge in [0, 0.05) is 11.1 Å². The summed E-state index contributed by atoms with van der Waals surface area (Å²) >= 11 is 5.17. The highest BCUT2D eigenvalue weighted by molar-refractivity contribution is 7.80. The van der Waals surface area contributed by atoms with Crippen LogP contribution in [0.2, 0.25) is 0 Å². The minimum atomic E-state index is -0.375. The molecule has 0 aromatic heterocycles. The zero-order chi connectivity index (χ0) is 21.3. The van der Waals surface area contributed by atoms with Gasteiger partial charge >= 0.3 is 5.97 Å². The number of rotatable bonds is 7. The van der Waals surface area contributed by atoms with Crippen LogP contribution in [0.1, 0.15) is 23.7 Å². The zero-order valence-corrected chi connectivity index (χ0v) is 17.3. The molecule has 3 aromatic rings. The number of hydrogen-bond acceptors (Lipinski definition) is 5. The summed E-state index contributed by atoms with van der Waals surface area (Å²) in [5.41, 5.74) is 1.09. The molecule has 3 rings (SSSR count). The molecule has 0 fully saturated rings. The number of esters is 1. The van der Waals surface area contributed by atoms with Crippen molar-refractivity contribution in [2.24, 2.45) is 0 Å².